The second-order valence-electron chi connectivity index (χ2n) is 1.25. The van der Waals surface area contributed by atoms with Gasteiger partial charge in [0.05, 0.1) is 5.75 Å². The minimum atomic E-state index is -3.56. The molecule has 7 heteroatoms. The van der Waals surface area contributed by atoms with Crippen LogP contribution in [-0.2, 0) is 20.9 Å². The SMILES string of the molecule is CCS(=O)(=O)N[SH](=O)=O. The van der Waals surface area contributed by atoms with E-state index in [9.17, 15) is 16.8 Å². The van der Waals surface area contributed by atoms with Crippen LogP contribution in [0.4, 0.5) is 0 Å². The van der Waals surface area contributed by atoms with E-state index in [-0.39, 0.29) is 5.75 Å². The Bertz CT molecular complexity index is 229. The van der Waals surface area contributed by atoms with Crippen molar-refractivity contribution in [3.63, 3.8) is 0 Å². The minimum Gasteiger partial charge on any atom is -0.215 e. The van der Waals surface area contributed by atoms with Gasteiger partial charge in [-0.15, -0.1) is 4.13 Å². The minimum absolute atomic E-state index is 0.226. The molecule has 0 heterocycles. The molecule has 0 aliphatic carbocycles. The average Bonchev–Trinajstić information content (AvgIpc) is 1.63. The fraction of sp³-hybridized carbons (Fsp3) is 1.00. The van der Waals surface area contributed by atoms with Crippen LogP contribution in [0, 0.1) is 0 Å². The molecular formula is C2H7NO4S2. The number of hydrogen-bond donors (Lipinski definition) is 2. The van der Waals surface area contributed by atoms with Crippen molar-refractivity contribution >= 4 is 20.9 Å². The summed E-state index contributed by atoms with van der Waals surface area (Å²) < 4.78 is 41.5. The van der Waals surface area contributed by atoms with E-state index < -0.39 is 20.9 Å². The number of nitrogens with one attached hydrogen (secondary N) is 1. The van der Waals surface area contributed by atoms with Crippen LogP contribution in [-0.4, -0.2) is 22.6 Å². The van der Waals surface area contributed by atoms with Gasteiger partial charge in [-0.3, -0.25) is 0 Å². The highest BCUT2D eigenvalue weighted by atomic mass is 32.3. The lowest BCUT2D eigenvalue weighted by atomic mass is 11.0. The van der Waals surface area contributed by atoms with E-state index in [2.05, 4.69) is 0 Å². The van der Waals surface area contributed by atoms with Crippen LogP contribution in [0.15, 0.2) is 0 Å². The van der Waals surface area contributed by atoms with Gasteiger partial charge in [-0.1, -0.05) is 0 Å². The number of thiol groups is 1. The Morgan fingerprint density at radius 3 is 2.00 bits per heavy atom. The Morgan fingerprint density at radius 1 is 1.44 bits per heavy atom. The molecule has 0 amide bonds. The lowest BCUT2D eigenvalue weighted by Crippen LogP contribution is -2.23. The van der Waals surface area contributed by atoms with Crippen LogP contribution in [0.1, 0.15) is 6.92 Å². The van der Waals surface area contributed by atoms with E-state index in [1.807, 2.05) is 0 Å². The number of hydrogen-bond acceptors (Lipinski definition) is 4. The van der Waals surface area contributed by atoms with Crippen molar-refractivity contribution in [2.24, 2.45) is 0 Å². The smallest absolute Gasteiger partial charge is 0.215 e. The molecule has 0 unspecified atom stereocenters. The predicted octanol–water partition coefficient (Wildman–Crippen LogP) is -1.55. The van der Waals surface area contributed by atoms with Crippen molar-refractivity contribution in [2.45, 2.75) is 6.92 Å². The van der Waals surface area contributed by atoms with Crippen LogP contribution in [0.2, 0.25) is 0 Å². The standard InChI is InChI=1S/C2H7NO4S2/c1-2-9(6,7)3-8(4)5/h8H,2H2,1H3,(H,3,4,5). The summed E-state index contributed by atoms with van der Waals surface area (Å²) in [6.07, 6.45) is 0. The van der Waals surface area contributed by atoms with E-state index in [0.29, 0.717) is 0 Å². The van der Waals surface area contributed by atoms with Crippen LogP contribution in [0.25, 0.3) is 0 Å². The first-order chi connectivity index (χ1) is 3.98. The highest BCUT2D eigenvalue weighted by Gasteiger charge is 2.04. The Hall–Kier alpha value is -0.140. The summed E-state index contributed by atoms with van der Waals surface area (Å²) in [5, 5.41) is 0. The lowest BCUT2D eigenvalue weighted by molar-refractivity contribution is 0.586. The number of sulfonamides is 1. The molecule has 0 spiro atoms. The summed E-state index contributed by atoms with van der Waals surface area (Å²) in [6, 6.07) is 0. The Morgan fingerprint density at radius 2 is 1.89 bits per heavy atom. The molecule has 0 saturated heterocycles. The Balaban J connectivity index is 4.23. The van der Waals surface area contributed by atoms with Crippen molar-refractivity contribution in [2.75, 3.05) is 5.75 Å². The van der Waals surface area contributed by atoms with Gasteiger partial charge in [0.15, 0.2) is 0 Å². The monoisotopic (exact) mass is 173 g/mol. The van der Waals surface area contributed by atoms with E-state index in [1.54, 1.807) is 0 Å². The summed E-state index contributed by atoms with van der Waals surface area (Å²) in [5.74, 6) is -0.226. The lowest BCUT2D eigenvalue weighted by Gasteiger charge is -1.92. The molecule has 0 aromatic carbocycles. The first kappa shape index (κ1) is 8.86. The van der Waals surface area contributed by atoms with Gasteiger partial charge >= 0.3 is 0 Å². The zero-order valence-corrected chi connectivity index (χ0v) is 6.41. The van der Waals surface area contributed by atoms with Crippen LogP contribution in [0.3, 0.4) is 0 Å². The van der Waals surface area contributed by atoms with Crippen LogP contribution < -0.4 is 4.13 Å². The van der Waals surface area contributed by atoms with Gasteiger partial charge in [-0.2, -0.15) is 0 Å². The largest absolute Gasteiger partial charge is 0.224 e. The summed E-state index contributed by atoms with van der Waals surface area (Å²) >= 11 is 0. The van der Waals surface area contributed by atoms with Crippen molar-refractivity contribution in [3.8, 4) is 0 Å². The van der Waals surface area contributed by atoms with Gasteiger partial charge in [-0.25, -0.2) is 16.8 Å². The third-order valence-corrected chi connectivity index (χ3v) is 3.06. The molecule has 0 rings (SSSR count). The first-order valence-corrected chi connectivity index (χ1v) is 4.95. The maximum Gasteiger partial charge on any atom is 0.224 e. The molecule has 9 heavy (non-hydrogen) atoms. The topological polar surface area (TPSA) is 80.3 Å². The van der Waals surface area contributed by atoms with Crippen molar-refractivity contribution in [1.29, 1.82) is 0 Å². The molecule has 1 N–H and O–H groups in total. The van der Waals surface area contributed by atoms with E-state index in [0.717, 1.165) is 0 Å². The molecule has 0 aromatic rings. The molecule has 0 saturated carbocycles. The third kappa shape index (κ3) is 4.37. The van der Waals surface area contributed by atoms with Gasteiger partial charge in [0, 0.05) is 0 Å². The molecule has 0 bridgehead atoms. The maximum absolute atomic E-state index is 10.3. The normalized spacial score (nSPS) is 12.2. The molecule has 0 fully saturated rings. The average molecular weight is 173 g/mol. The quantitative estimate of drug-likeness (QED) is 0.506. The highest BCUT2D eigenvalue weighted by molar-refractivity contribution is 7.98. The van der Waals surface area contributed by atoms with Crippen molar-refractivity contribution in [1.82, 2.24) is 4.13 Å². The van der Waals surface area contributed by atoms with Gasteiger partial charge in [0.2, 0.25) is 20.9 Å². The second kappa shape index (κ2) is 3.14. The molecule has 0 aromatic heterocycles. The third-order valence-electron chi connectivity index (χ3n) is 0.594. The summed E-state index contributed by atoms with van der Waals surface area (Å²) in [6.45, 7) is 1.35. The number of rotatable bonds is 3. The van der Waals surface area contributed by atoms with Gasteiger partial charge in [0.1, 0.15) is 0 Å². The zero-order chi connectivity index (χ0) is 7.49. The van der Waals surface area contributed by atoms with Crippen molar-refractivity contribution in [3.05, 3.63) is 0 Å². The van der Waals surface area contributed by atoms with E-state index in [1.165, 1.54) is 11.1 Å². The molecule has 0 aliphatic rings. The molecular weight excluding hydrogens is 166 g/mol. The molecule has 0 atom stereocenters. The zero-order valence-electron chi connectivity index (χ0n) is 4.70. The Kier molecular flexibility index (Phi) is 3.09. The first-order valence-electron chi connectivity index (χ1n) is 2.12. The van der Waals surface area contributed by atoms with Gasteiger partial charge in [0.25, 0.3) is 0 Å². The van der Waals surface area contributed by atoms with Gasteiger partial charge in [-0.05, 0) is 6.92 Å². The summed E-state index contributed by atoms with van der Waals surface area (Å²) in [7, 11) is -6.60. The predicted molar refractivity (Wildman–Crippen MR) is 32.9 cm³/mol. The maximum atomic E-state index is 10.3. The molecule has 0 aliphatic heterocycles. The molecule has 56 valence electrons. The fourth-order valence-corrected chi connectivity index (χ4v) is 1.60. The van der Waals surface area contributed by atoms with Crippen molar-refractivity contribution < 1.29 is 16.8 Å². The highest BCUT2D eigenvalue weighted by Crippen LogP contribution is 1.78. The summed E-state index contributed by atoms with van der Waals surface area (Å²) in [4.78, 5) is 0. The summed E-state index contributed by atoms with van der Waals surface area (Å²) in [5.41, 5.74) is 0. The van der Waals surface area contributed by atoms with Crippen LogP contribution >= 0.6 is 0 Å². The molecule has 5 nitrogen and oxygen atoms in total. The van der Waals surface area contributed by atoms with Gasteiger partial charge < -0.3 is 0 Å². The second-order valence-corrected chi connectivity index (χ2v) is 4.30. The Labute approximate surface area is 55.2 Å². The van der Waals surface area contributed by atoms with E-state index >= 15 is 0 Å². The fourth-order valence-electron chi connectivity index (χ4n) is 0.178. The molecule has 0 radical (unpaired) electrons. The van der Waals surface area contributed by atoms with Crippen LogP contribution in [0.5, 0.6) is 0 Å². The van der Waals surface area contributed by atoms with E-state index in [4.69, 9.17) is 0 Å².